The molecule has 2 aliphatic rings. The molecule has 2 bridgehead atoms. The number of ether oxygens (including phenoxy) is 1. The third-order valence-corrected chi connectivity index (χ3v) is 2.44. The van der Waals surface area contributed by atoms with E-state index in [1.165, 1.54) is 0 Å². The Balaban J connectivity index is 2.31. The summed E-state index contributed by atoms with van der Waals surface area (Å²) in [6, 6.07) is 0. The third-order valence-electron chi connectivity index (χ3n) is 2.44. The van der Waals surface area contributed by atoms with Gasteiger partial charge in [-0.05, 0) is 6.08 Å². The van der Waals surface area contributed by atoms with Crippen molar-refractivity contribution >= 4 is 0 Å². The Bertz CT molecular complexity index is 246. The normalized spacial score (nSPS) is 43.8. The van der Waals surface area contributed by atoms with Gasteiger partial charge < -0.3 is 14.9 Å². The Kier molecular flexibility index (Phi) is 1.61. The van der Waals surface area contributed by atoms with Crippen LogP contribution in [0.5, 0.6) is 0 Å². The second-order valence-electron chi connectivity index (χ2n) is 3.38. The van der Waals surface area contributed by atoms with Crippen LogP contribution in [0.2, 0.25) is 0 Å². The number of rotatable bonds is 2. The fraction of sp³-hybridized carbons (Fsp3) is 0.556. The maximum Gasteiger partial charge on any atom is 0.129 e. The zero-order valence-corrected chi connectivity index (χ0v) is 6.73. The quantitative estimate of drug-likeness (QED) is 0.570. The average molecular weight is 168 g/mol. The number of aliphatic hydroxyl groups excluding tert-OH is 2. The van der Waals surface area contributed by atoms with Gasteiger partial charge in [0, 0.05) is 6.42 Å². The molecule has 2 heterocycles. The van der Waals surface area contributed by atoms with Gasteiger partial charge in [-0.2, -0.15) is 0 Å². The van der Waals surface area contributed by atoms with Gasteiger partial charge in [0.2, 0.25) is 0 Å². The lowest BCUT2D eigenvalue weighted by Gasteiger charge is -2.34. The van der Waals surface area contributed by atoms with Crippen molar-refractivity contribution in [1.29, 1.82) is 0 Å². The van der Waals surface area contributed by atoms with Crippen molar-refractivity contribution in [1.82, 2.24) is 0 Å². The van der Waals surface area contributed by atoms with Gasteiger partial charge in [0.15, 0.2) is 0 Å². The standard InChI is InChI=1S/C9H12O3/c10-6-8-2-1-3-9(7-11,12-8)5-4-8/h1-2,4-5,10-11H,3,6-7H2. The maximum absolute atomic E-state index is 9.09. The van der Waals surface area contributed by atoms with Crippen molar-refractivity contribution in [2.45, 2.75) is 17.6 Å². The van der Waals surface area contributed by atoms with Crippen molar-refractivity contribution in [3.63, 3.8) is 0 Å². The molecule has 0 fully saturated rings. The summed E-state index contributed by atoms with van der Waals surface area (Å²) in [5.74, 6) is 0. The lowest BCUT2D eigenvalue weighted by atomic mass is 9.99. The molecule has 66 valence electrons. The first-order valence-electron chi connectivity index (χ1n) is 4.04. The van der Waals surface area contributed by atoms with Crippen LogP contribution < -0.4 is 0 Å². The van der Waals surface area contributed by atoms with E-state index in [2.05, 4.69) is 0 Å². The SMILES string of the molecule is OCC12C=CCC(CO)(C=C1)O2. The van der Waals surface area contributed by atoms with Gasteiger partial charge in [-0.1, -0.05) is 18.2 Å². The monoisotopic (exact) mass is 168 g/mol. The van der Waals surface area contributed by atoms with Crippen LogP contribution in [0.4, 0.5) is 0 Å². The first-order chi connectivity index (χ1) is 5.74. The van der Waals surface area contributed by atoms with E-state index in [9.17, 15) is 0 Å². The molecular formula is C9H12O3. The van der Waals surface area contributed by atoms with E-state index in [4.69, 9.17) is 14.9 Å². The minimum absolute atomic E-state index is 0.0322. The zero-order chi connectivity index (χ0) is 8.66. The third kappa shape index (κ3) is 0.941. The number of hydrogen-bond acceptors (Lipinski definition) is 3. The van der Waals surface area contributed by atoms with E-state index in [0.29, 0.717) is 6.42 Å². The van der Waals surface area contributed by atoms with Gasteiger partial charge in [-0.3, -0.25) is 0 Å². The van der Waals surface area contributed by atoms with Crippen LogP contribution in [0, 0.1) is 0 Å². The van der Waals surface area contributed by atoms with E-state index in [0.717, 1.165) is 0 Å². The summed E-state index contributed by atoms with van der Waals surface area (Å²) in [7, 11) is 0. The highest BCUT2D eigenvalue weighted by atomic mass is 16.5. The highest BCUT2D eigenvalue weighted by Crippen LogP contribution is 2.38. The van der Waals surface area contributed by atoms with E-state index < -0.39 is 11.2 Å². The number of aliphatic hydroxyl groups is 2. The fourth-order valence-corrected chi connectivity index (χ4v) is 1.68. The minimum Gasteiger partial charge on any atom is -0.393 e. The summed E-state index contributed by atoms with van der Waals surface area (Å²) in [6.45, 7) is -0.0999. The minimum atomic E-state index is -0.666. The average Bonchev–Trinajstić information content (AvgIpc) is 2.41. The topological polar surface area (TPSA) is 49.7 Å². The molecule has 2 N–H and O–H groups in total. The summed E-state index contributed by atoms with van der Waals surface area (Å²) in [5, 5.41) is 18.2. The first-order valence-corrected chi connectivity index (χ1v) is 4.04. The molecular weight excluding hydrogens is 156 g/mol. The molecule has 0 radical (unpaired) electrons. The Labute approximate surface area is 71.0 Å². The molecule has 0 saturated carbocycles. The summed E-state index contributed by atoms with van der Waals surface area (Å²) in [5.41, 5.74) is -1.24. The van der Waals surface area contributed by atoms with Crippen LogP contribution in [0.15, 0.2) is 24.3 Å². The smallest absolute Gasteiger partial charge is 0.129 e. The van der Waals surface area contributed by atoms with E-state index in [-0.39, 0.29) is 13.2 Å². The second kappa shape index (κ2) is 2.42. The van der Waals surface area contributed by atoms with Crippen LogP contribution >= 0.6 is 0 Å². The van der Waals surface area contributed by atoms with Crippen LogP contribution in [0.25, 0.3) is 0 Å². The predicted molar refractivity (Wildman–Crippen MR) is 43.6 cm³/mol. The summed E-state index contributed by atoms with van der Waals surface area (Å²) in [4.78, 5) is 0. The summed E-state index contributed by atoms with van der Waals surface area (Å²) in [6.07, 6.45) is 8.11. The Hall–Kier alpha value is -0.640. The molecule has 2 rings (SSSR count). The maximum atomic E-state index is 9.09. The molecule has 3 nitrogen and oxygen atoms in total. The Morgan fingerprint density at radius 1 is 1.17 bits per heavy atom. The van der Waals surface area contributed by atoms with Gasteiger partial charge in [0.05, 0.1) is 13.2 Å². The largest absolute Gasteiger partial charge is 0.393 e. The van der Waals surface area contributed by atoms with Crippen molar-refractivity contribution in [3.05, 3.63) is 24.3 Å². The highest BCUT2D eigenvalue weighted by Gasteiger charge is 2.44. The van der Waals surface area contributed by atoms with Crippen LogP contribution in [0.1, 0.15) is 6.42 Å². The molecule has 0 saturated heterocycles. The van der Waals surface area contributed by atoms with Crippen molar-refractivity contribution in [2.24, 2.45) is 0 Å². The van der Waals surface area contributed by atoms with E-state index >= 15 is 0 Å². The molecule has 0 spiro atoms. The molecule has 3 heteroatoms. The molecule has 0 aromatic rings. The highest BCUT2D eigenvalue weighted by molar-refractivity contribution is 5.30. The van der Waals surface area contributed by atoms with Gasteiger partial charge in [0.1, 0.15) is 11.2 Å². The van der Waals surface area contributed by atoms with Crippen LogP contribution in [-0.4, -0.2) is 34.6 Å². The van der Waals surface area contributed by atoms with Gasteiger partial charge in [-0.15, -0.1) is 0 Å². The van der Waals surface area contributed by atoms with Gasteiger partial charge in [0.25, 0.3) is 0 Å². The first kappa shape index (κ1) is 7.98. The molecule has 0 aromatic carbocycles. The van der Waals surface area contributed by atoms with Gasteiger partial charge in [-0.25, -0.2) is 0 Å². The lowest BCUT2D eigenvalue weighted by molar-refractivity contribution is -0.111. The predicted octanol–water partition coefficient (Wildman–Crippen LogP) is -0.00510. The van der Waals surface area contributed by atoms with Crippen molar-refractivity contribution in [2.75, 3.05) is 13.2 Å². The molecule has 2 unspecified atom stereocenters. The molecule has 0 aliphatic carbocycles. The lowest BCUT2D eigenvalue weighted by Crippen LogP contribution is -2.42. The summed E-state index contributed by atoms with van der Waals surface area (Å²) < 4.78 is 5.57. The zero-order valence-electron chi connectivity index (χ0n) is 6.73. The Morgan fingerprint density at radius 3 is 2.67 bits per heavy atom. The van der Waals surface area contributed by atoms with Crippen LogP contribution in [-0.2, 0) is 4.74 Å². The van der Waals surface area contributed by atoms with Crippen molar-refractivity contribution < 1.29 is 14.9 Å². The second-order valence-corrected chi connectivity index (χ2v) is 3.38. The van der Waals surface area contributed by atoms with Crippen LogP contribution in [0.3, 0.4) is 0 Å². The summed E-state index contributed by atoms with van der Waals surface area (Å²) >= 11 is 0. The molecule has 2 aliphatic heterocycles. The Morgan fingerprint density at radius 2 is 2.00 bits per heavy atom. The fourth-order valence-electron chi connectivity index (χ4n) is 1.68. The van der Waals surface area contributed by atoms with Gasteiger partial charge >= 0.3 is 0 Å². The number of hydrogen-bond donors (Lipinski definition) is 2. The van der Waals surface area contributed by atoms with E-state index in [1.54, 1.807) is 0 Å². The number of fused-ring (bicyclic) bond motifs is 2. The van der Waals surface area contributed by atoms with E-state index in [1.807, 2.05) is 24.3 Å². The molecule has 12 heavy (non-hydrogen) atoms. The molecule has 0 aromatic heterocycles. The molecule has 0 amide bonds. The molecule has 2 atom stereocenters. The van der Waals surface area contributed by atoms with Crippen molar-refractivity contribution in [3.8, 4) is 0 Å².